The van der Waals surface area contributed by atoms with Gasteiger partial charge in [0.25, 0.3) is 11.5 Å². The molecule has 3 aromatic rings. The summed E-state index contributed by atoms with van der Waals surface area (Å²) in [5, 5.41) is 12.0. The van der Waals surface area contributed by atoms with E-state index < -0.39 is 23.5 Å². The number of aryl methyl sites for hydroxylation is 2. The maximum atomic E-state index is 12.5. The topological polar surface area (TPSA) is 181 Å². The number of hydrogen-bond acceptors (Lipinski definition) is 10. The summed E-state index contributed by atoms with van der Waals surface area (Å²) >= 11 is 0. The van der Waals surface area contributed by atoms with E-state index in [2.05, 4.69) is 25.3 Å². The Morgan fingerprint density at radius 3 is 2.58 bits per heavy atom. The molecular weight excluding hydrogens is 504 g/mol. The first-order chi connectivity index (χ1) is 17.3. The molecule has 0 saturated heterocycles. The fourth-order valence-corrected chi connectivity index (χ4v) is 5.30. The molecular formula is C23H26N6O5S2. The Morgan fingerprint density at radius 1 is 1.14 bits per heavy atom. The van der Waals surface area contributed by atoms with Crippen molar-refractivity contribution >= 4 is 56.4 Å². The summed E-state index contributed by atoms with van der Waals surface area (Å²) in [6.07, 6.45) is 3.58. The molecule has 1 amide bonds. The number of nitrogens with zero attached hydrogens (tertiary/aromatic N) is 3. The molecule has 1 atom stereocenters. The molecule has 3 rings (SSSR count). The van der Waals surface area contributed by atoms with Gasteiger partial charge < -0.3 is 16.2 Å². The largest absolute Gasteiger partial charge is 0.480 e. The average Bonchev–Trinajstić information content (AvgIpc) is 2.86. The molecule has 0 saturated carbocycles. The lowest BCUT2D eigenvalue weighted by atomic mass is 10.1. The van der Waals surface area contributed by atoms with Crippen LogP contribution < -0.4 is 16.6 Å². The standard InChI is InChI=1S/C23H26N6O5S2/c1-2-16(30)9-10-35-36-12-17(22(33)34)27-20(31)14-6-3-13(4-7-14)5-8-15-11-25-19-18(26-15)21(32)29-23(24)28-19/h3-4,6-7,11,17H,2,5,8-10,12H2,1H3,(H,27,31)(H,33,34)(H3,24,25,28,29,32)/t17-/m0/s1. The lowest BCUT2D eigenvalue weighted by Gasteiger charge is -2.14. The van der Waals surface area contributed by atoms with Crippen molar-refractivity contribution in [3.05, 3.63) is 57.6 Å². The van der Waals surface area contributed by atoms with E-state index in [4.69, 9.17) is 5.73 Å². The van der Waals surface area contributed by atoms with E-state index in [0.29, 0.717) is 42.7 Å². The third-order valence-electron chi connectivity index (χ3n) is 5.15. The average molecular weight is 531 g/mol. The third-order valence-corrected chi connectivity index (χ3v) is 7.57. The van der Waals surface area contributed by atoms with E-state index in [9.17, 15) is 24.3 Å². The normalized spacial score (nSPS) is 11.8. The first kappa shape index (κ1) is 27.1. The highest BCUT2D eigenvalue weighted by Gasteiger charge is 2.21. The highest BCUT2D eigenvalue weighted by Crippen LogP contribution is 2.23. The second kappa shape index (κ2) is 13.0. The number of carboxylic acid groups (broad SMARTS) is 1. The van der Waals surface area contributed by atoms with Gasteiger partial charge in [-0.2, -0.15) is 4.98 Å². The first-order valence-corrected chi connectivity index (χ1v) is 13.7. The molecule has 0 aliphatic rings. The van der Waals surface area contributed by atoms with Crippen LogP contribution in [0.25, 0.3) is 11.2 Å². The van der Waals surface area contributed by atoms with Crippen LogP contribution in [0.15, 0.2) is 35.3 Å². The maximum absolute atomic E-state index is 12.5. The van der Waals surface area contributed by atoms with Crippen LogP contribution in [-0.2, 0) is 22.4 Å². The van der Waals surface area contributed by atoms with Crippen LogP contribution >= 0.6 is 21.6 Å². The lowest BCUT2D eigenvalue weighted by molar-refractivity contribution is -0.138. The molecule has 36 heavy (non-hydrogen) atoms. The number of nitrogens with two attached hydrogens (primary N) is 1. The van der Waals surface area contributed by atoms with Crippen LogP contribution in [0.2, 0.25) is 0 Å². The molecule has 2 aromatic heterocycles. The van der Waals surface area contributed by atoms with Crippen molar-refractivity contribution in [2.45, 2.75) is 38.6 Å². The van der Waals surface area contributed by atoms with Gasteiger partial charge in [-0.15, -0.1) is 0 Å². The number of aromatic nitrogens is 4. The number of H-pyrrole nitrogens is 1. The number of amides is 1. The van der Waals surface area contributed by atoms with Gasteiger partial charge in [0.15, 0.2) is 11.2 Å². The predicted molar refractivity (Wildman–Crippen MR) is 140 cm³/mol. The zero-order valence-corrected chi connectivity index (χ0v) is 21.2. The van der Waals surface area contributed by atoms with Crippen LogP contribution in [0.3, 0.4) is 0 Å². The van der Waals surface area contributed by atoms with Crippen molar-refractivity contribution in [2.75, 3.05) is 17.2 Å². The Bertz CT molecular complexity index is 1300. The zero-order chi connectivity index (χ0) is 26.1. The molecule has 11 nitrogen and oxygen atoms in total. The number of nitrogen functional groups attached to an aromatic ring is 1. The Kier molecular flexibility index (Phi) is 9.82. The number of ketones is 1. The number of anilines is 1. The minimum atomic E-state index is -1.12. The quantitative estimate of drug-likeness (QED) is 0.187. The van der Waals surface area contributed by atoms with E-state index >= 15 is 0 Å². The summed E-state index contributed by atoms with van der Waals surface area (Å²) in [5.74, 6) is -0.671. The van der Waals surface area contributed by atoms with Crippen molar-refractivity contribution in [3.8, 4) is 0 Å². The summed E-state index contributed by atoms with van der Waals surface area (Å²) in [7, 11) is 2.73. The summed E-state index contributed by atoms with van der Waals surface area (Å²) < 4.78 is 0. The molecule has 0 bridgehead atoms. The number of nitrogens with one attached hydrogen (secondary N) is 2. The number of hydrogen-bond donors (Lipinski definition) is 4. The molecule has 0 spiro atoms. The van der Waals surface area contributed by atoms with Crippen LogP contribution in [0.4, 0.5) is 5.95 Å². The number of carbonyl (C=O) groups is 3. The second-order valence-corrected chi connectivity index (χ2v) is 10.4. The number of rotatable bonds is 13. The van der Waals surface area contributed by atoms with Gasteiger partial charge in [0.2, 0.25) is 5.95 Å². The summed E-state index contributed by atoms with van der Waals surface area (Å²) in [4.78, 5) is 62.2. The number of aliphatic carboxylic acids is 1. The van der Waals surface area contributed by atoms with Gasteiger partial charge >= 0.3 is 5.97 Å². The Hall–Kier alpha value is -3.45. The molecule has 0 fully saturated rings. The number of fused-ring (bicyclic) bond motifs is 1. The Labute approximate surface area is 214 Å². The highest BCUT2D eigenvalue weighted by atomic mass is 33.1. The minimum Gasteiger partial charge on any atom is -0.480 e. The van der Waals surface area contributed by atoms with Gasteiger partial charge in [-0.25, -0.2) is 14.8 Å². The zero-order valence-electron chi connectivity index (χ0n) is 19.5. The van der Waals surface area contributed by atoms with E-state index in [1.54, 1.807) is 37.4 Å². The molecule has 190 valence electrons. The van der Waals surface area contributed by atoms with Crippen LogP contribution in [0.5, 0.6) is 0 Å². The maximum Gasteiger partial charge on any atom is 0.327 e. The van der Waals surface area contributed by atoms with Crippen molar-refractivity contribution in [1.29, 1.82) is 0 Å². The first-order valence-electron chi connectivity index (χ1n) is 11.2. The van der Waals surface area contributed by atoms with Crippen molar-refractivity contribution in [1.82, 2.24) is 25.3 Å². The van der Waals surface area contributed by atoms with Gasteiger partial charge in [0, 0.05) is 29.9 Å². The second-order valence-electron chi connectivity index (χ2n) is 7.79. The van der Waals surface area contributed by atoms with E-state index in [-0.39, 0.29) is 28.6 Å². The summed E-state index contributed by atoms with van der Waals surface area (Å²) in [6.45, 7) is 1.81. The molecule has 2 heterocycles. The molecule has 0 aliphatic heterocycles. The van der Waals surface area contributed by atoms with Crippen molar-refractivity contribution in [2.24, 2.45) is 0 Å². The number of aromatic amines is 1. The number of carboxylic acids is 1. The van der Waals surface area contributed by atoms with Gasteiger partial charge in [-0.3, -0.25) is 19.4 Å². The minimum absolute atomic E-state index is 0.0221. The summed E-state index contributed by atoms with van der Waals surface area (Å²) in [6, 6.07) is 5.78. The van der Waals surface area contributed by atoms with Gasteiger partial charge in [-0.05, 0) is 30.5 Å². The molecule has 1 aromatic carbocycles. The highest BCUT2D eigenvalue weighted by molar-refractivity contribution is 8.76. The molecule has 0 unspecified atom stereocenters. The fourth-order valence-electron chi connectivity index (χ4n) is 3.11. The molecule has 0 radical (unpaired) electrons. The van der Waals surface area contributed by atoms with E-state index in [0.717, 1.165) is 5.56 Å². The number of carbonyl (C=O) groups excluding carboxylic acids is 2. The summed E-state index contributed by atoms with van der Waals surface area (Å²) in [5.41, 5.74) is 7.25. The van der Waals surface area contributed by atoms with Crippen LogP contribution in [-0.4, -0.2) is 60.2 Å². The van der Waals surface area contributed by atoms with Crippen molar-refractivity contribution in [3.63, 3.8) is 0 Å². The van der Waals surface area contributed by atoms with Crippen LogP contribution in [0, 0.1) is 0 Å². The Balaban J connectivity index is 1.52. The van der Waals surface area contributed by atoms with Gasteiger partial charge in [-0.1, -0.05) is 40.6 Å². The predicted octanol–water partition coefficient (Wildman–Crippen LogP) is 2.01. The number of benzene rings is 1. The third kappa shape index (κ3) is 7.78. The van der Waals surface area contributed by atoms with Crippen LogP contribution in [0.1, 0.15) is 41.4 Å². The SMILES string of the molecule is CCC(=O)CCSSC[C@H](NC(=O)c1ccc(CCc2cnc3nc(N)[nH]c(=O)c3n2)cc1)C(=O)O. The van der Waals surface area contributed by atoms with E-state index in [1.165, 1.54) is 21.6 Å². The monoisotopic (exact) mass is 530 g/mol. The van der Waals surface area contributed by atoms with Gasteiger partial charge in [0.05, 0.1) is 11.9 Å². The van der Waals surface area contributed by atoms with Crippen molar-refractivity contribution < 1.29 is 19.5 Å². The molecule has 13 heteroatoms. The van der Waals surface area contributed by atoms with E-state index in [1.807, 2.05) is 0 Å². The molecule has 5 N–H and O–H groups in total. The molecule has 0 aliphatic carbocycles. The number of Topliss-reactive ketones (excluding diaryl/α,β-unsaturated/α-hetero) is 1. The Morgan fingerprint density at radius 2 is 1.89 bits per heavy atom. The lowest BCUT2D eigenvalue weighted by Crippen LogP contribution is -2.42. The van der Waals surface area contributed by atoms with Gasteiger partial charge in [0.1, 0.15) is 11.8 Å². The fraction of sp³-hybridized carbons (Fsp3) is 0.348. The smallest absolute Gasteiger partial charge is 0.327 e.